The molecule has 1 atom stereocenters. The molecule has 0 aromatic heterocycles. The zero-order chi connectivity index (χ0) is 16.1. The molecule has 0 radical (unpaired) electrons. The van der Waals surface area contributed by atoms with Crippen LogP contribution in [0.4, 0.5) is 4.79 Å². The number of aliphatic hydroxyl groups is 1. The minimum Gasteiger partial charge on any atom is -0.465 e. The highest BCUT2D eigenvalue weighted by molar-refractivity contribution is 5.66. The molecule has 1 amide bonds. The lowest BCUT2D eigenvalue weighted by atomic mass is 10.1. The highest BCUT2D eigenvalue weighted by Gasteiger charge is 2.42. The van der Waals surface area contributed by atoms with Gasteiger partial charge in [-0.2, -0.15) is 0 Å². The van der Waals surface area contributed by atoms with Crippen LogP contribution in [0, 0.1) is 0 Å². The first-order valence-electron chi connectivity index (χ1n) is 7.09. The van der Waals surface area contributed by atoms with E-state index in [9.17, 15) is 15.0 Å². The van der Waals surface area contributed by atoms with E-state index in [1.807, 2.05) is 58.0 Å². The fourth-order valence-corrected chi connectivity index (χ4v) is 2.27. The quantitative estimate of drug-likeness (QED) is 0.791. The SMILES string of the molecule is CC[C@](CO)(OC(C)(C)C)N(Cc1ccccc1)C(=O)O. The predicted octanol–water partition coefficient (Wildman–Crippen LogP) is 3.08. The average molecular weight is 295 g/mol. The number of carboxylic acid groups (broad SMARTS) is 1. The summed E-state index contributed by atoms with van der Waals surface area (Å²) in [6, 6.07) is 9.29. The van der Waals surface area contributed by atoms with Gasteiger partial charge < -0.3 is 14.9 Å². The van der Waals surface area contributed by atoms with Crippen molar-refractivity contribution in [3.05, 3.63) is 35.9 Å². The number of nitrogens with zero attached hydrogens (tertiary/aromatic N) is 1. The third-order valence-electron chi connectivity index (χ3n) is 3.20. The Morgan fingerprint density at radius 2 is 1.81 bits per heavy atom. The standard InChI is InChI=1S/C16H25NO4/c1-5-16(12-18,21-15(2,3)4)17(14(19)20)11-13-9-7-6-8-10-13/h6-10,18H,5,11-12H2,1-4H3,(H,19,20)/t16-/m1/s1. The summed E-state index contributed by atoms with van der Waals surface area (Å²) in [5.41, 5.74) is -0.966. The Bertz CT molecular complexity index is 449. The third-order valence-corrected chi connectivity index (χ3v) is 3.20. The first-order valence-corrected chi connectivity index (χ1v) is 7.09. The van der Waals surface area contributed by atoms with Gasteiger partial charge in [-0.15, -0.1) is 0 Å². The minimum atomic E-state index is -1.25. The van der Waals surface area contributed by atoms with Gasteiger partial charge >= 0.3 is 6.09 Å². The van der Waals surface area contributed by atoms with Crippen molar-refractivity contribution in [1.82, 2.24) is 4.90 Å². The van der Waals surface area contributed by atoms with Crippen LogP contribution in [0.3, 0.4) is 0 Å². The Kier molecular flexibility index (Phi) is 5.75. The second kappa shape index (κ2) is 6.91. The van der Waals surface area contributed by atoms with Crippen LogP contribution in [-0.2, 0) is 11.3 Å². The summed E-state index contributed by atoms with van der Waals surface area (Å²) in [6.07, 6.45) is -0.751. The average Bonchev–Trinajstić information content (AvgIpc) is 2.42. The molecule has 0 aliphatic heterocycles. The molecule has 118 valence electrons. The van der Waals surface area contributed by atoms with Gasteiger partial charge in [0.25, 0.3) is 0 Å². The second-order valence-electron chi connectivity index (χ2n) is 6.03. The molecular formula is C16H25NO4. The molecular weight excluding hydrogens is 270 g/mol. The maximum absolute atomic E-state index is 11.7. The maximum Gasteiger partial charge on any atom is 0.409 e. The number of ether oxygens (including phenoxy) is 1. The van der Waals surface area contributed by atoms with Crippen LogP contribution in [0.15, 0.2) is 30.3 Å². The molecule has 5 nitrogen and oxygen atoms in total. The normalized spacial score (nSPS) is 14.5. The number of benzene rings is 1. The molecule has 1 aromatic carbocycles. The van der Waals surface area contributed by atoms with Gasteiger partial charge in [0.05, 0.1) is 18.8 Å². The van der Waals surface area contributed by atoms with Crippen LogP contribution in [0.5, 0.6) is 0 Å². The van der Waals surface area contributed by atoms with E-state index in [-0.39, 0.29) is 13.2 Å². The van der Waals surface area contributed by atoms with E-state index in [4.69, 9.17) is 4.74 Å². The summed E-state index contributed by atoms with van der Waals surface area (Å²) in [5.74, 6) is 0. The van der Waals surface area contributed by atoms with Gasteiger partial charge in [0.1, 0.15) is 0 Å². The van der Waals surface area contributed by atoms with E-state index in [0.29, 0.717) is 6.42 Å². The molecule has 0 bridgehead atoms. The second-order valence-corrected chi connectivity index (χ2v) is 6.03. The first kappa shape index (κ1) is 17.5. The van der Waals surface area contributed by atoms with E-state index < -0.39 is 17.4 Å². The molecule has 21 heavy (non-hydrogen) atoms. The summed E-state index contributed by atoms with van der Waals surface area (Å²) in [4.78, 5) is 12.9. The third kappa shape index (κ3) is 4.72. The van der Waals surface area contributed by atoms with Crippen molar-refractivity contribution in [2.24, 2.45) is 0 Å². The van der Waals surface area contributed by atoms with Crippen LogP contribution in [0.2, 0.25) is 0 Å². The lowest BCUT2D eigenvalue weighted by Gasteiger charge is -2.44. The Morgan fingerprint density at radius 3 is 2.19 bits per heavy atom. The van der Waals surface area contributed by atoms with Gasteiger partial charge in [0.2, 0.25) is 0 Å². The minimum absolute atomic E-state index is 0.167. The number of amides is 1. The first-order chi connectivity index (χ1) is 9.74. The zero-order valence-corrected chi connectivity index (χ0v) is 13.2. The Balaban J connectivity index is 3.12. The molecule has 0 spiro atoms. The highest BCUT2D eigenvalue weighted by atomic mass is 16.6. The fraction of sp³-hybridized carbons (Fsp3) is 0.562. The largest absolute Gasteiger partial charge is 0.465 e. The van der Waals surface area contributed by atoms with Gasteiger partial charge in [-0.1, -0.05) is 37.3 Å². The molecule has 5 heteroatoms. The van der Waals surface area contributed by atoms with Gasteiger partial charge in [-0.25, -0.2) is 4.79 Å². The Hall–Kier alpha value is -1.59. The summed E-state index contributed by atoms with van der Waals surface area (Å²) in [5, 5.41) is 19.4. The van der Waals surface area contributed by atoms with Crippen molar-refractivity contribution in [2.75, 3.05) is 6.61 Å². The van der Waals surface area contributed by atoms with Crippen LogP contribution in [-0.4, -0.2) is 39.1 Å². The number of carbonyl (C=O) groups is 1. The molecule has 0 fully saturated rings. The number of hydrogen-bond donors (Lipinski definition) is 2. The maximum atomic E-state index is 11.7. The lowest BCUT2D eigenvalue weighted by molar-refractivity contribution is -0.222. The van der Waals surface area contributed by atoms with Crippen molar-refractivity contribution in [1.29, 1.82) is 0 Å². The van der Waals surface area contributed by atoms with E-state index in [1.54, 1.807) is 0 Å². The van der Waals surface area contributed by atoms with Crippen molar-refractivity contribution < 1.29 is 19.7 Å². The number of aliphatic hydroxyl groups excluding tert-OH is 1. The summed E-state index contributed by atoms with van der Waals surface area (Å²) in [7, 11) is 0. The summed E-state index contributed by atoms with van der Waals surface area (Å²) in [6.45, 7) is 7.12. The Labute approximate surface area is 126 Å². The van der Waals surface area contributed by atoms with Gasteiger partial charge in [0, 0.05) is 0 Å². The summed E-state index contributed by atoms with van der Waals surface area (Å²) < 4.78 is 5.91. The van der Waals surface area contributed by atoms with Crippen LogP contribution >= 0.6 is 0 Å². The van der Waals surface area contributed by atoms with E-state index in [1.165, 1.54) is 4.90 Å². The zero-order valence-electron chi connectivity index (χ0n) is 13.2. The Morgan fingerprint density at radius 1 is 1.24 bits per heavy atom. The molecule has 0 heterocycles. The fourth-order valence-electron chi connectivity index (χ4n) is 2.27. The number of hydrogen-bond acceptors (Lipinski definition) is 3. The molecule has 1 aromatic rings. The molecule has 0 aliphatic carbocycles. The van der Waals surface area contributed by atoms with Crippen LogP contribution < -0.4 is 0 Å². The van der Waals surface area contributed by atoms with Crippen molar-refractivity contribution in [3.63, 3.8) is 0 Å². The molecule has 0 aliphatic rings. The van der Waals surface area contributed by atoms with Gasteiger partial charge in [-0.3, -0.25) is 4.90 Å². The molecule has 0 unspecified atom stereocenters. The monoisotopic (exact) mass is 295 g/mol. The number of rotatable bonds is 6. The van der Waals surface area contributed by atoms with Gasteiger partial charge in [0.15, 0.2) is 5.72 Å². The van der Waals surface area contributed by atoms with E-state index >= 15 is 0 Å². The molecule has 1 rings (SSSR count). The van der Waals surface area contributed by atoms with E-state index in [2.05, 4.69) is 0 Å². The smallest absolute Gasteiger partial charge is 0.409 e. The highest BCUT2D eigenvalue weighted by Crippen LogP contribution is 2.29. The van der Waals surface area contributed by atoms with Crippen molar-refractivity contribution >= 4 is 6.09 Å². The van der Waals surface area contributed by atoms with Crippen molar-refractivity contribution in [2.45, 2.75) is 52.0 Å². The lowest BCUT2D eigenvalue weighted by Crippen LogP contribution is -2.57. The molecule has 0 saturated carbocycles. The topological polar surface area (TPSA) is 70.0 Å². The predicted molar refractivity (Wildman–Crippen MR) is 81.0 cm³/mol. The van der Waals surface area contributed by atoms with Crippen LogP contribution in [0.25, 0.3) is 0 Å². The van der Waals surface area contributed by atoms with Crippen LogP contribution in [0.1, 0.15) is 39.7 Å². The van der Waals surface area contributed by atoms with E-state index in [0.717, 1.165) is 5.56 Å². The molecule has 2 N–H and O–H groups in total. The van der Waals surface area contributed by atoms with Crippen molar-refractivity contribution in [3.8, 4) is 0 Å². The molecule has 0 saturated heterocycles. The summed E-state index contributed by atoms with van der Waals surface area (Å²) >= 11 is 0. The van der Waals surface area contributed by atoms with Gasteiger partial charge in [-0.05, 0) is 32.8 Å².